The first kappa shape index (κ1) is 12.3. The lowest BCUT2D eigenvalue weighted by Gasteiger charge is -2.05. The normalized spacial score (nSPS) is 10.6. The van der Waals surface area contributed by atoms with Crippen LogP contribution in [0.3, 0.4) is 0 Å². The second-order valence-electron chi connectivity index (χ2n) is 3.70. The number of hydrogen-bond donors (Lipinski definition) is 0. The second kappa shape index (κ2) is 5.48. The number of ether oxygens (including phenoxy) is 1. The molecule has 0 amide bonds. The summed E-state index contributed by atoms with van der Waals surface area (Å²) < 4.78 is 11.8. The average Bonchev–Trinajstić information content (AvgIpc) is 2.96. The fourth-order valence-corrected chi connectivity index (χ4v) is 1.59. The minimum atomic E-state index is -0.287. The summed E-state index contributed by atoms with van der Waals surface area (Å²) in [5, 5.41) is 3.83. The lowest BCUT2D eigenvalue weighted by Crippen LogP contribution is -2.13. The molecule has 0 N–H and O–H groups in total. The summed E-state index contributed by atoms with van der Waals surface area (Å²) >= 11 is 0. The molecule has 6 heteroatoms. The van der Waals surface area contributed by atoms with Gasteiger partial charge in [0.05, 0.1) is 6.61 Å². The van der Waals surface area contributed by atoms with Crippen molar-refractivity contribution in [2.24, 2.45) is 0 Å². The van der Waals surface area contributed by atoms with Crippen molar-refractivity contribution in [3.05, 3.63) is 24.2 Å². The van der Waals surface area contributed by atoms with Crippen molar-refractivity contribution in [2.45, 2.75) is 26.8 Å². The minimum absolute atomic E-state index is 0.139. The van der Waals surface area contributed by atoms with Crippen LogP contribution in [-0.4, -0.2) is 27.3 Å². The predicted octanol–water partition coefficient (Wildman–Crippen LogP) is 1.66. The van der Waals surface area contributed by atoms with Gasteiger partial charge < -0.3 is 13.8 Å². The molecule has 0 aromatic carbocycles. The van der Waals surface area contributed by atoms with Crippen molar-refractivity contribution in [2.75, 3.05) is 6.61 Å². The Labute approximate surface area is 105 Å². The van der Waals surface area contributed by atoms with Crippen LogP contribution in [0, 0.1) is 0 Å². The molecule has 0 unspecified atom stereocenters. The zero-order valence-corrected chi connectivity index (χ0v) is 10.4. The fourth-order valence-electron chi connectivity index (χ4n) is 1.59. The van der Waals surface area contributed by atoms with Crippen LogP contribution < -0.4 is 0 Å². The largest absolute Gasteiger partial charge is 0.465 e. The molecule has 0 aliphatic carbocycles. The quantitative estimate of drug-likeness (QED) is 0.754. The Morgan fingerprint density at radius 1 is 1.50 bits per heavy atom. The number of carbonyl (C=O) groups excluding carboxylic acids is 1. The highest BCUT2D eigenvalue weighted by Gasteiger charge is 2.14. The zero-order chi connectivity index (χ0) is 13.0. The Hall–Kier alpha value is -2.11. The third-order valence-electron chi connectivity index (χ3n) is 2.44. The lowest BCUT2D eigenvalue weighted by molar-refractivity contribution is -0.143. The van der Waals surface area contributed by atoms with E-state index in [1.807, 2.05) is 19.1 Å². The summed E-state index contributed by atoms with van der Waals surface area (Å²) in [6.07, 6.45) is 2.49. The maximum absolute atomic E-state index is 11.4. The van der Waals surface area contributed by atoms with E-state index < -0.39 is 0 Å². The van der Waals surface area contributed by atoms with Crippen molar-refractivity contribution in [3.8, 4) is 11.6 Å². The summed E-state index contributed by atoms with van der Waals surface area (Å²) in [5.41, 5.74) is 0.718. The molecule has 0 aliphatic heterocycles. The number of hydrogen-bond acceptors (Lipinski definition) is 5. The molecule has 0 saturated carbocycles. The summed E-state index contributed by atoms with van der Waals surface area (Å²) in [6, 6.07) is 3.65. The molecule has 0 spiro atoms. The van der Waals surface area contributed by atoms with Gasteiger partial charge in [0.15, 0.2) is 5.82 Å². The Morgan fingerprint density at radius 2 is 2.33 bits per heavy atom. The SMILES string of the molecule is CCOC(=O)Cn1cccc1-c1nc(CC)no1. The number of rotatable bonds is 5. The van der Waals surface area contributed by atoms with Gasteiger partial charge in [-0.15, -0.1) is 0 Å². The van der Waals surface area contributed by atoms with E-state index in [1.165, 1.54) is 0 Å². The summed E-state index contributed by atoms with van der Waals surface area (Å²) in [4.78, 5) is 15.7. The van der Waals surface area contributed by atoms with E-state index in [-0.39, 0.29) is 12.5 Å². The molecule has 2 heterocycles. The molecule has 0 saturated heterocycles. The number of aromatic nitrogens is 3. The summed E-state index contributed by atoms with van der Waals surface area (Å²) in [5.74, 6) is 0.778. The highest BCUT2D eigenvalue weighted by Crippen LogP contribution is 2.18. The van der Waals surface area contributed by atoms with Gasteiger partial charge in [0.25, 0.3) is 5.89 Å². The molecule has 0 bridgehead atoms. The van der Waals surface area contributed by atoms with E-state index in [9.17, 15) is 4.79 Å². The van der Waals surface area contributed by atoms with Crippen LogP contribution in [0.4, 0.5) is 0 Å². The first-order valence-corrected chi connectivity index (χ1v) is 5.88. The summed E-state index contributed by atoms with van der Waals surface area (Å²) in [6.45, 7) is 4.24. The predicted molar refractivity (Wildman–Crippen MR) is 63.7 cm³/mol. The van der Waals surface area contributed by atoms with Crippen LogP contribution in [0.2, 0.25) is 0 Å². The van der Waals surface area contributed by atoms with Crippen LogP contribution in [0.25, 0.3) is 11.6 Å². The van der Waals surface area contributed by atoms with Crippen molar-refractivity contribution in [1.82, 2.24) is 14.7 Å². The van der Waals surface area contributed by atoms with Crippen LogP contribution in [-0.2, 0) is 22.5 Å². The van der Waals surface area contributed by atoms with Crippen LogP contribution in [0.1, 0.15) is 19.7 Å². The molecule has 6 nitrogen and oxygen atoms in total. The zero-order valence-electron chi connectivity index (χ0n) is 10.4. The molecule has 2 rings (SSSR count). The molecule has 2 aromatic heterocycles. The maximum Gasteiger partial charge on any atom is 0.325 e. The van der Waals surface area contributed by atoms with Gasteiger partial charge in [-0.1, -0.05) is 12.1 Å². The first-order valence-electron chi connectivity index (χ1n) is 5.88. The molecule has 2 aromatic rings. The topological polar surface area (TPSA) is 70.2 Å². The molecule has 0 atom stereocenters. The molecular formula is C12H15N3O3. The van der Waals surface area contributed by atoms with Gasteiger partial charge in [0.2, 0.25) is 0 Å². The van der Waals surface area contributed by atoms with Gasteiger partial charge in [-0.25, -0.2) is 0 Å². The Bertz CT molecular complexity index is 530. The van der Waals surface area contributed by atoms with Gasteiger partial charge in [-0.2, -0.15) is 4.98 Å². The monoisotopic (exact) mass is 249 g/mol. The first-order chi connectivity index (χ1) is 8.74. The van der Waals surface area contributed by atoms with Crippen molar-refractivity contribution < 1.29 is 14.1 Å². The molecular weight excluding hydrogens is 234 g/mol. The smallest absolute Gasteiger partial charge is 0.325 e. The number of aryl methyl sites for hydroxylation is 1. The third-order valence-corrected chi connectivity index (χ3v) is 2.44. The highest BCUT2D eigenvalue weighted by atomic mass is 16.5. The van der Waals surface area contributed by atoms with Gasteiger partial charge >= 0.3 is 5.97 Å². The number of carbonyl (C=O) groups is 1. The molecule has 0 fully saturated rings. The van der Waals surface area contributed by atoms with Crippen LogP contribution in [0.5, 0.6) is 0 Å². The fraction of sp³-hybridized carbons (Fsp3) is 0.417. The molecule has 0 radical (unpaired) electrons. The molecule has 18 heavy (non-hydrogen) atoms. The van der Waals surface area contributed by atoms with Crippen LogP contribution in [0.15, 0.2) is 22.9 Å². The van der Waals surface area contributed by atoms with E-state index in [0.717, 1.165) is 5.69 Å². The molecule has 0 aliphatic rings. The second-order valence-corrected chi connectivity index (χ2v) is 3.70. The van der Waals surface area contributed by atoms with E-state index in [0.29, 0.717) is 24.7 Å². The van der Waals surface area contributed by atoms with Gasteiger partial charge in [-0.3, -0.25) is 4.79 Å². The lowest BCUT2D eigenvalue weighted by atomic mass is 10.4. The Morgan fingerprint density at radius 3 is 3.00 bits per heavy atom. The average molecular weight is 249 g/mol. The van der Waals surface area contributed by atoms with E-state index in [2.05, 4.69) is 10.1 Å². The van der Waals surface area contributed by atoms with E-state index in [4.69, 9.17) is 9.26 Å². The summed E-state index contributed by atoms with van der Waals surface area (Å²) in [7, 11) is 0. The van der Waals surface area contributed by atoms with Gasteiger partial charge in [0.1, 0.15) is 12.2 Å². The Kier molecular flexibility index (Phi) is 3.76. The minimum Gasteiger partial charge on any atom is -0.465 e. The van der Waals surface area contributed by atoms with Crippen molar-refractivity contribution in [3.63, 3.8) is 0 Å². The van der Waals surface area contributed by atoms with Gasteiger partial charge in [-0.05, 0) is 19.1 Å². The number of esters is 1. The Balaban J connectivity index is 2.19. The standard InChI is InChI=1S/C12H15N3O3/c1-3-10-13-12(18-14-10)9-6-5-7-15(9)8-11(16)17-4-2/h5-7H,3-4,8H2,1-2H3. The van der Waals surface area contributed by atoms with E-state index >= 15 is 0 Å². The van der Waals surface area contributed by atoms with Crippen LogP contribution >= 0.6 is 0 Å². The van der Waals surface area contributed by atoms with Crippen molar-refractivity contribution in [1.29, 1.82) is 0 Å². The third kappa shape index (κ3) is 2.58. The van der Waals surface area contributed by atoms with E-state index in [1.54, 1.807) is 17.7 Å². The van der Waals surface area contributed by atoms with Gasteiger partial charge in [0, 0.05) is 12.6 Å². The molecule has 96 valence electrons. The number of nitrogens with zero attached hydrogens (tertiary/aromatic N) is 3. The highest BCUT2D eigenvalue weighted by molar-refractivity contribution is 5.70. The van der Waals surface area contributed by atoms with Crippen molar-refractivity contribution >= 4 is 5.97 Å². The maximum atomic E-state index is 11.4.